The van der Waals surface area contributed by atoms with Gasteiger partial charge in [-0.25, -0.2) is 0 Å². The van der Waals surface area contributed by atoms with Crippen LogP contribution in [0.3, 0.4) is 0 Å². The molecule has 0 heterocycles. The van der Waals surface area contributed by atoms with Crippen LogP contribution in [-0.2, 0) is 5.60 Å². The Morgan fingerprint density at radius 2 is 1.89 bits per heavy atom. The molecule has 0 bridgehead atoms. The van der Waals surface area contributed by atoms with Crippen LogP contribution < -0.4 is 4.74 Å². The lowest BCUT2D eigenvalue weighted by molar-refractivity contribution is -0.0356. The molecule has 19 heavy (non-hydrogen) atoms. The zero-order valence-corrected chi connectivity index (χ0v) is 12.8. The third-order valence-corrected chi connectivity index (χ3v) is 4.77. The van der Waals surface area contributed by atoms with Gasteiger partial charge in [-0.3, -0.25) is 0 Å². The molecular weight excluding hydrogens is 236 g/mol. The molecule has 1 aliphatic rings. The molecular formula is C17H26O2. The second-order valence-electron chi connectivity index (χ2n) is 6.39. The summed E-state index contributed by atoms with van der Waals surface area (Å²) in [5.41, 5.74) is 2.59. The molecule has 0 radical (unpaired) electrons. The fraction of sp³-hybridized carbons (Fsp3) is 0.647. The van der Waals surface area contributed by atoms with Gasteiger partial charge in [0.15, 0.2) is 0 Å². The maximum atomic E-state index is 11.1. The monoisotopic (exact) mass is 262 g/mol. The van der Waals surface area contributed by atoms with E-state index in [4.69, 9.17) is 4.74 Å². The lowest BCUT2D eigenvalue weighted by Gasteiger charge is -2.40. The molecule has 0 spiro atoms. The minimum absolute atomic E-state index is 0.546. The van der Waals surface area contributed by atoms with Crippen molar-refractivity contribution in [1.82, 2.24) is 0 Å². The van der Waals surface area contributed by atoms with Crippen LogP contribution in [0.4, 0.5) is 0 Å². The minimum Gasteiger partial charge on any atom is -0.496 e. The fourth-order valence-corrected chi connectivity index (χ4v) is 3.50. The van der Waals surface area contributed by atoms with Gasteiger partial charge in [-0.1, -0.05) is 19.9 Å². The van der Waals surface area contributed by atoms with Crippen molar-refractivity contribution >= 4 is 0 Å². The molecule has 0 saturated heterocycles. The van der Waals surface area contributed by atoms with Crippen molar-refractivity contribution in [2.45, 2.75) is 52.6 Å². The van der Waals surface area contributed by atoms with E-state index in [1.807, 2.05) is 6.07 Å². The van der Waals surface area contributed by atoms with Crippen molar-refractivity contribution in [3.05, 3.63) is 28.8 Å². The molecule has 3 unspecified atom stereocenters. The molecule has 1 aliphatic carbocycles. The second-order valence-corrected chi connectivity index (χ2v) is 6.39. The third-order valence-electron chi connectivity index (χ3n) is 4.77. The number of hydrogen-bond donors (Lipinski definition) is 1. The number of aliphatic hydroxyl groups is 1. The Hall–Kier alpha value is -1.02. The smallest absolute Gasteiger partial charge is 0.125 e. The molecule has 1 N–H and O–H groups in total. The molecule has 0 aliphatic heterocycles. The first kappa shape index (κ1) is 14.4. The average Bonchev–Trinajstić information content (AvgIpc) is 2.33. The van der Waals surface area contributed by atoms with Gasteiger partial charge < -0.3 is 9.84 Å². The van der Waals surface area contributed by atoms with Gasteiger partial charge in [-0.2, -0.15) is 0 Å². The Kier molecular flexibility index (Phi) is 3.91. The Labute approximate surface area is 116 Å². The Balaban J connectivity index is 2.46. The predicted octanol–water partition coefficient (Wildman–Crippen LogP) is 3.96. The molecule has 2 rings (SSSR count). The first-order valence-electron chi connectivity index (χ1n) is 7.25. The Bertz CT molecular complexity index is 467. The maximum Gasteiger partial charge on any atom is 0.125 e. The molecule has 106 valence electrons. The summed E-state index contributed by atoms with van der Waals surface area (Å²) in [6, 6.07) is 4.17. The van der Waals surface area contributed by atoms with Crippen LogP contribution in [0.25, 0.3) is 0 Å². The second kappa shape index (κ2) is 5.16. The van der Waals surface area contributed by atoms with Gasteiger partial charge in [0, 0.05) is 5.56 Å². The van der Waals surface area contributed by atoms with E-state index in [1.165, 1.54) is 5.56 Å². The van der Waals surface area contributed by atoms with Crippen LogP contribution in [-0.4, -0.2) is 12.2 Å². The van der Waals surface area contributed by atoms with Gasteiger partial charge >= 0.3 is 0 Å². The van der Waals surface area contributed by atoms with Crippen LogP contribution >= 0.6 is 0 Å². The molecule has 1 aromatic carbocycles. The number of ether oxygens (including phenoxy) is 1. The molecule has 3 atom stereocenters. The first-order chi connectivity index (χ1) is 8.87. The summed E-state index contributed by atoms with van der Waals surface area (Å²) >= 11 is 0. The van der Waals surface area contributed by atoms with Crippen molar-refractivity contribution in [3.8, 4) is 5.75 Å². The van der Waals surface area contributed by atoms with E-state index in [-0.39, 0.29) is 0 Å². The molecule has 2 heteroatoms. The number of aryl methyl sites for hydroxylation is 2. The van der Waals surface area contributed by atoms with E-state index in [9.17, 15) is 5.11 Å². The summed E-state index contributed by atoms with van der Waals surface area (Å²) in [4.78, 5) is 0. The van der Waals surface area contributed by atoms with Crippen molar-refractivity contribution < 1.29 is 9.84 Å². The molecule has 2 nitrogen and oxygen atoms in total. The number of rotatable bonds is 2. The first-order valence-corrected chi connectivity index (χ1v) is 7.25. The van der Waals surface area contributed by atoms with E-state index in [1.54, 1.807) is 7.11 Å². The number of hydrogen-bond acceptors (Lipinski definition) is 2. The lowest BCUT2D eigenvalue weighted by atomic mass is 9.69. The number of benzene rings is 1. The van der Waals surface area contributed by atoms with E-state index in [0.29, 0.717) is 11.8 Å². The van der Waals surface area contributed by atoms with Gasteiger partial charge in [0.1, 0.15) is 5.75 Å². The van der Waals surface area contributed by atoms with Crippen LogP contribution in [0.1, 0.15) is 49.8 Å². The highest BCUT2D eigenvalue weighted by Gasteiger charge is 2.40. The molecule has 1 saturated carbocycles. The SMILES string of the molecule is COc1cc(C)cc(C)c1C1(O)CCC(C)C(C)C1. The van der Waals surface area contributed by atoms with E-state index in [0.717, 1.165) is 36.1 Å². The largest absolute Gasteiger partial charge is 0.496 e. The van der Waals surface area contributed by atoms with Gasteiger partial charge in [-0.05, 0) is 62.1 Å². The topological polar surface area (TPSA) is 29.5 Å². The molecule has 0 aromatic heterocycles. The van der Waals surface area contributed by atoms with Crippen molar-refractivity contribution in [2.24, 2.45) is 11.8 Å². The van der Waals surface area contributed by atoms with Crippen molar-refractivity contribution in [2.75, 3.05) is 7.11 Å². The van der Waals surface area contributed by atoms with E-state index >= 15 is 0 Å². The number of methoxy groups -OCH3 is 1. The molecule has 1 aromatic rings. The average molecular weight is 262 g/mol. The molecule has 1 fully saturated rings. The normalized spacial score (nSPS) is 31.3. The maximum absolute atomic E-state index is 11.1. The molecule has 0 amide bonds. The standard InChI is InChI=1S/C17H26O2/c1-11-8-13(3)16(15(9-11)19-5)17(18)7-6-12(2)14(4)10-17/h8-9,12,14,18H,6-7,10H2,1-5H3. The van der Waals surface area contributed by atoms with Crippen LogP contribution in [0, 0.1) is 25.7 Å². The van der Waals surface area contributed by atoms with Gasteiger partial charge in [0.25, 0.3) is 0 Å². The summed E-state index contributed by atoms with van der Waals surface area (Å²) in [5, 5.41) is 11.1. The van der Waals surface area contributed by atoms with Crippen molar-refractivity contribution in [3.63, 3.8) is 0 Å². The third kappa shape index (κ3) is 2.64. The summed E-state index contributed by atoms with van der Waals surface area (Å²) in [5.74, 6) is 2.07. The van der Waals surface area contributed by atoms with Gasteiger partial charge in [-0.15, -0.1) is 0 Å². The van der Waals surface area contributed by atoms with Crippen LogP contribution in [0.2, 0.25) is 0 Å². The van der Waals surface area contributed by atoms with Crippen LogP contribution in [0.15, 0.2) is 12.1 Å². The zero-order valence-electron chi connectivity index (χ0n) is 12.8. The van der Waals surface area contributed by atoms with Gasteiger partial charge in [0.2, 0.25) is 0 Å². The highest BCUT2D eigenvalue weighted by Crippen LogP contribution is 2.46. The summed E-state index contributed by atoms with van der Waals surface area (Å²) < 4.78 is 5.53. The Morgan fingerprint density at radius 3 is 2.47 bits per heavy atom. The van der Waals surface area contributed by atoms with Crippen molar-refractivity contribution in [1.29, 1.82) is 0 Å². The fourth-order valence-electron chi connectivity index (χ4n) is 3.50. The summed E-state index contributed by atoms with van der Waals surface area (Å²) in [6.45, 7) is 8.66. The van der Waals surface area contributed by atoms with E-state index < -0.39 is 5.60 Å². The quantitative estimate of drug-likeness (QED) is 0.874. The minimum atomic E-state index is -0.727. The zero-order chi connectivity index (χ0) is 14.2. The van der Waals surface area contributed by atoms with Crippen LogP contribution in [0.5, 0.6) is 5.75 Å². The van der Waals surface area contributed by atoms with Gasteiger partial charge in [0.05, 0.1) is 12.7 Å². The highest BCUT2D eigenvalue weighted by molar-refractivity contribution is 5.46. The van der Waals surface area contributed by atoms with E-state index in [2.05, 4.69) is 33.8 Å². The summed E-state index contributed by atoms with van der Waals surface area (Å²) in [6.07, 6.45) is 2.74. The highest BCUT2D eigenvalue weighted by atomic mass is 16.5. The Morgan fingerprint density at radius 1 is 1.21 bits per heavy atom. The lowest BCUT2D eigenvalue weighted by Crippen LogP contribution is -2.36. The summed E-state index contributed by atoms with van der Waals surface area (Å²) in [7, 11) is 1.69. The predicted molar refractivity (Wildman–Crippen MR) is 78.5 cm³/mol.